The normalized spacial score (nSPS) is 13.3. The fourth-order valence-electron chi connectivity index (χ4n) is 3.49. The zero-order chi connectivity index (χ0) is 19.5. The van der Waals surface area contributed by atoms with Crippen molar-refractivity contribution in [2.45, 2.75) is 115 Å². The molecule has 4 nitrogen and oxygen atoms in total. The molecule has 0 aromatic rings. The summed E-state index contributed by atoms with van der Waals surface area (Å²) in [5, 5.41) is 0. The molecule has 0 aliphatic carbocycles. The summed E-state index contributed by atoms with van der Waals surface area (Å²) in [7, 11) is 2.55. The van der Waals surface area contributed by atoms with Crippen LogP contribution in [0.5, 0.6) is 0 Å². The molecule has 0 saturated heterocycles. The first-order valence-corrected chi connectivity index (χ1v) is 13.0. The van der Waals surface area contributed by atoms with Crippen LogP contribution >= 0.6 is 0 Å². The van der Waals surface area contributed by atoms with Gasteiger partial charge in [0.05, 0.1) is 0 Å². The van der Waals surface area contributed by atoms with Gasteiger partial charge in [0, 0.05) is 33.4 Å². The van der Waals surface area contributed by atoms with E-state index in [9.17, 15) is 0 Å². The van der Waals surface area contributed by atoms with Crippen molar-refractivity contribution in [1.82, 2.24) is 0 Å². The second kappa shape index (κ2) is 18.4. The molecular weight excluding hydrogens is 342 g/mol. The van der Waals surface area contributed by atoms with Crippen molar-refractivity contribution >= 4 is 8.80 Å². The van der Waals surface area contributed by atoms with Crippen LogP contribution in [0.1, 0.15) is 103 Å². The lowest BCUT2D eigenvalue weighted by Gasteiger charge is -2.25. The number of rotatable bonds is 20. The van der Waals surface area contributed by atoms with Crippen molar-refractivity contribution in [3.63, 3.8) is 0 Å². The van der Waals surface area contributed by atoms with Gasteiger partial charge in [-0.3, -0.25) is 0 Å². The van der Waals surface area contributed by atoms with Crippen molar-refractivity contribution in [3.8, 4) is 0 Å². The minimum Gasteiger partial charge on any atom is -0.377 e. The smallest absolute Gasteiger partial charge is 0.377 e. The summed E-state index contributed by atoms with van der Waals surface area (Å²) >= 11 is 0. The molecule has 2 N–H and O–H groups in total. The van der Waals surface area contributed by atoms with Gasteiger partial charge >= 0.3 is 8.80 Å². The van der Waals surface area contributed by atoms with Crippen LogP contribution in [-0.4, -0.2) is 36.2 Å². The quantitative estimate of drug-likeness (QED) is 0.203. The van der Waals surface area contributed by atoms with Crippen molar-refractivity contribution in [1.29, 1.82) is 0 Å². The minimum atomic E-state index is -2.45. The second-order valence-corrected chi connectivity index (χ2v) is 10.7. The molecule has 0 saturated carbocycles. The topological polar surface area (TPSA) is 53.7 Å². The predicted molar refractivity (Wildman–Crippen MR) is 114 cm³/mol. The fraction of sp³-hybridized carbons (Fsp3) is 1.00. The van der Waals surface area contributed by atoms with Gasteiger partial charge in [0.1, 0.15) is 0 Å². The van der Waals surface area contributed by atoms with Crippen LogP contribution < -0.4 is 5.73 Å². The zero-order valence-corrected chi connectivity index (χ0v) is 19.2. The number of unbranched alkanes of at least 4 members (excludes halogenated alkanes) is 12. The monoisotopic (exact) mass is 389 g/mol. The van der Waals surface area contributed by atoms with Crippen molar-refractivity contribution < 1.29 is 13.3 Å². The lowest BCUT2D eigenvalue weighted by Crippen LogP contribution is -2.43. The minimum absolute atomic E-state index is 0.232. The van der Waals surface area contributed by atoms with E-state index in [1.54, 1.807) is 21.3 Å². The summed E-state index contributed by atoms with van der Waals surface area (Å²) in [5.41, 5.74) is 6.24. The summed E-state index contributed by atoms with van der Waals surface area (Å²) in [6, 6.07) is 1.03. The van der Waals surface area contributed by atoms with E-state index in [1.165, 1.54) is 83.5 Å². The molecule has 0 aromatic carbocycles. The summed E-state index contributed by atoms with van der Waals surface area (Å²) in [5.74, 6) is 0. The molecule has 5 heteroatoms. The third-order valence-electron chi connectivity index (χ3n) is 5.43. The van der Waals surface area contributed by atoms with Crippen molar-refractivity contribution in [2.24, 2.45) is 5.73 Å². The van der Waals surface area contributed by atoms with E-state index < -0.39 is 8.80 Å². The van der Waals surface area contributed by atoms with E-state index in [-0.39, 0.29) is 6.04 Å². The molecular formula is C21H47NO3Si. The lowest BCUT2D eigenvalue weighted by atomic mass is 10.0. The van der Waals surface area contributed by atoms with Crippen molar-refractivity contribution in [3.05, 3.63) is 0 Å². The molecule has 1 unspecified atom stereocenters. The average Bonchev–Trinajstić information content (AvgIpc) is 2.67. The third-order valence-corrected chi connectivity index (χ3v) is 8.20. The molecule has 158 valence electrons. The highest BCUT2D eigenvalue weighted by atomic mass is 28.4. The SMILES string of the molecule is CCCCCCCCCCCCCCCC(N)CC[Si](OC)(OC)OC. The molecule has 0 heterocycles. The van der Waals surface area contributed by atoms with Crippen LogP contribution in [0, 0.1) is 0 Å². The molecule has 0 aliphatic heterocycles. The van der Waals surface area contributed by atoms with Crippen LogP contribution in [-0.2, 0) is 13.3 Å². The van der Waals surface area contributed by atoms with Crippen LogP contribution in [0.15, 0.2) is 0 Å². The first kappa shape index (κ1) is 26.1. The molecule has 0 radical (unpaired) electrons. The molecule has 0 rings (SSSR count). The largest absolute Gasteiger partial charge is 0.500 e. The Bertz CT molecular complexity index is 280. The maximum atomic E-state index is 6.24. The van der Waals surface area contributed by atoms with E-state index in [1.807, 2.05) is 0 Å². The van der Waals surface area contributed by atoms with E-state index in [0.29, 0.717) is 0 Å². The third kappa shape index (κ3) is 14.2. The Morgan fingerprint density at radius 3 is 1.38 bits per heavy atom. The van der Waals surface area contributed by atoms with E-state index >= 15 is 0 Å². The Balaban J connectivity index is 3.39. The molecule has 1 atom stereocenters. The van der Waals surface area contributed by atoms with Gasteiger partial charge in [-0.1, -0.05) is 90.4 Å². The van der Waals surface area contributed by atoms with Gasteiger partial charge < -0.3 is 19.0 Å². The van der Waals surface area contributed by atoms with Crippen molar-refractivity contribution in [2.75, 3.05) is 21.3 Å². The number of hydrogen-bond donors (Lipinski definition) is 1. The Hall–Kier alpha value is 0.0569. The van der Waals surface area contributed by atoms with E-state index in [2.05, 4.69) is 6.92 Å². The number of nitrogens with two attached hydrogens (primary N) is 1. The maximum absolute atomic E-state index is 6.24. The van der Waals surface area contributed by atoms with Crippen LogP contribution in [0.4, 0.5) is 0 Å². The van der Waals surface area contributed by atoms with Crippen LogP contribution in [0.25, 0.3) is 0 Å². The summed E-state index contributed by atoms with van der Waals surface area (Å²) in [6.07, 6.45) is 20.1. The molecule has 0 aromatic heterocycles. The molecule has 0 aliphatic rings. The molecule has 0 bridgehead atoms. The number of hydrogen-bond acceptors (Lipinski definition) is 4. The first-order valence-electron chi connectivity index (χ1n) is 11.0. The molecule has 26 heavy (non-hydrogen) atoms. The highest BCUT2D eigenvalue weighted by Crippen LogP contribution is 2.18. The lowest BCUT2D eigenvalue weighted by molar-refractivity contribution is 0.122. The van der Waals surface area contributed by atoms with Gasteiger partial charge in [-0.2, -0.15) is 0 Å². The van der Waals surface area contributed by atoms with Crippen LogP contribution in [0.3, 0.4) is 0 Å². The highest BCUT2D eigenvalue weighted by Gasteiger charge is 2.37. The Morgan fingerprint density at radius 2 is 1.00 bits per heavy atom. The molecule has 0 fully saturated rings. The van der Waals surface area contributed by atoms with Gasteiger partial charge in [-0.15, -0.1) is 0 Å². The zero-order valence-electron chi connectivity index (χ0n) is 18.2. The second-order valence-electron chi connectivity index (χ2n) is 7.63. The molecule has 0 amide bonds. The van der Waals surface area contributed by atoms with Gasteiger partial charge in [-0.05, 0) is 12.8 Å². The van der Waals surface area contributed by atoms with Gasteiger partial charge in [0.25, 0.3) is 0 Å². The standard InChI is InChI=1S/C21H47NO3Si/c1-5-6-7-8-9-10-11-12-13-14-15-16-17-18-21(22)19-20-26(23-2,24-3)25-4/h21H,5-20,22H2,1-4H3. The summed E-state index contributed by atoms with van der Waals surface area (Å²) in [4.78, 5) is 0. The van der Waals surface area contributed by atoms with Gasteiger partial charge in [-0.25, -0.2) is 0 Å². The molecule has 0 spiro atoms. The maximum Gasteiger partial charge on any atom is 0.500 e. The van der Waals surface area contributed by atoms with Gasteiger partial charge in [0.2, 0.25) is 0 Å². The van der Waals surface area contributed by atoms with Crippen LogP contribution in [0.2, 0.25) is 6.04 Å². The average molecular weight is 390 g/mol. The van der Waals surface area contributed by atoms with Gasteiger partial charge in [0.15, 0.2) is 0 Å². The van der Waals surface area contributed by atoms with E-state index in [4.69, 9.17) is 19.0 Å². The summed E-state index contributed by atoms with van der Waals surface area (Å²) < 4.78 is 16.3. The first-order chi connectivity index (χ1) is 12.6. The Morgan fingerprint density at radius 1 is 0.615 bits per heavy atom. The fourth-order valence-corrected chi connectivity index (χ4v) is 5.32. The predicted octanol–water partition coefficient (Wildman–Crippen LogP) is 6.06. The summed E-state index contributed by atoms with van der Waals surface area (Å²) in [6.45, 7) is 2.28. The van der Waals surface area contributed by atoms with E-state index in [0.717, 1.165) is 18.9 Å². The Labute approximate surface area is 164 Å². The Kier molecular flexibility index (Phi) is 18.5. The highest BCUT2D eigenvalue weighted by molar-refractivity contribution is 6.60.